The van der Waals surface area contributed by atoms with Crippen LogP contribution < -0.4 is 5.32 Å². The van der Waals surface area contributed by atoms with Gasteiger partial charge in [0.2, 0.25) is 0 Å². The Hall–Kier alpha value is -1.63. The first kappa shape index (κ1) is 14.8. The standard InChI is InChI=1S/C13H18N2O4S/c1-13(7-3-4-8-13)14-11-6-5-10(20(2,18)19)9-12(11)15(16)17/h5-6,9,14H,3-4,7-8H2,1-2H3. The molecule has 110 valence electrons. The summed E-state index contributed by atoms with van der Waals surface area (Å²) in [5.74, 6) is 0. The topological polar surface area (TPSA) is 89.3 Å². The molecule has 1 aromatic carbocycles. The number of nitrogens with one attached hydrogen (secondary N) is 1. The minimum absolute atomic E-state index is 0.0358. The lowest BCUT2D eigenvalue weighted by Crippen LogP contribution is -2.31. The first-order chi connectivity index (χ1) is 9.21. The zero-order valence-corrected chi connectivity index (χ0v) is 12.4. The second-order valence-corrected chi connectivity index (χ2v) is 7.62. The van der Waals surface area contributed by atoms with Gasteiger partial charge in [-0.1, -0.05) is 12.8 Å². The molecule has 0 saturated heterocycles. The van der Waals surface area contributed by atoms with Crippen molar-refractivity contribution in [3.63, 3.8) is 0 Å². The highest BCUT2D eigenvalue weighted by Gasteiger charge is 2.31. The predicted molar refractivity (Wildman–Crippen MR) is 76.7 cm³/mol. The molecule has 0 spiro atoms. The second-order valence-electron chi connectivity index (χ2n) is 5.60. The average Bonchev–Trinajstić information content (AvgIpc) is 2.74. The van der Waals surface area contributed by atoms with E-state index in [1.54, 1.807) is 0 Å². The summed E-state index contributed by atoms with van der Waals surface area (Å²) in [7, 11) is -3.45. The molecule has 1 saturated carbocycles. The van der Waals surface area contributed by atoms with Crippen molar-refractivity contribution in [2.24, 2.45) is 0 Å². The quantitative estimate of drug-likeness (QED) is 0.682. The summed E-state index contributed by atoms with van der Waals surface area (Å²) in [6.45, 7) is 2.04. The highest BCUT2D eigenvalue weighted by molar-refractivity contribution is 7.90. The normalized spacial score (nSPS) is 17.9. The Labute approximate surface area is 118 Å². The lowest BCUT2D eigenvalue weighted by molar-refractivity contribution is -0.384. The van der Waals surface area contributed by atoms with E-state index in [-0.39, 0.29) is 16.1 Å². The van der Waals surface area contributed by atoms with Crippen LogP contribution >= 0.6 is 0 Å². The number of nitrogens with zero attached hydrogens (tertiary/aromatic N) is 1. The van der Waals surface area contributed by atoms with Crippen LogP contribution in [0.1, 0.15) is 32.6 Å². The van der Waals surface area contributed by atoms with E-state index in [0.29, 0.717) is 5.69 Å². The molecule has 0 radical (unpaired) electrons. The van der Waals surface area contributed by atoms with Gasteiger partial charge in [0.15, 0.2) is 9.84 Å². The van der Waals surface area contributed by atoms with E-state index in [4.69, 9.17) is 0 Å². The van der Waals surface area contributed by atoms with Crippen LogP contribution in [0.4, 0.5) is 11.4 Å². The fourth-order valence-electron chi connectivity index (χ4n) is 2.60. The molecule has 1 aliphatic carbocycles. The van der Waals surface area contributed by atoms with Crippen molar-refractivity contribution < 1.29 is 13.3 Å². The highest BCUT2D eigenvalue weighted by Crippen LogP contribution is 2.36. The van der Waals surface area contributed by atoms with Crippen molar-refractivity contribution in [2.75, 3.05) is 11.6 Å². The van der Waals surface area contributed by atoms with E-state index < -0.39 is 14.8 Å². The molecule has 0 atom stereocenters. The third-order valence-corrected chi connectivity index (χ3v) is 4.85. The minimum atomic E-state index is -3.45. The molecule has 7 heteroatoms. The van der Waals surface area contributed by atoms with E-state index in [1.165, 1.54) is 12.1 Å². The Morgan fingerprint density at radius 2 is 1.90 bits per heavy atom. The van der Waals surface area contributed by atoms with Crippen molar-refractivity contribution in [2.45, 2.75) is 43.0 Å². The number of benzene rings is 1. The van der Waals surface area contributed by atoms with E-state index in [0.717, 1.165) is 38.0 Å². The second kappa shape index (κ2) is 5.05. The number of nitro groups is 1. The third-order valence-electron chi connectivity index (χ3n) is 3.74. The summed E-state index contributed by atoms with van der Waals surface area (Å²) in [5, 5.41) is 14.4. The summed E-state index contributed by atoms with van der Waals surface area (Å²) >= 11 is 0. The Morgan fingerprint density at radius 3 is 2.40 bits per heavy atom. The largest absolute Gasteiger partial charge is 0.374 e. The SMILES string of the molecule is CC1(Nc2ccc(S(C)(=O)=O)cc2[N+](=O)[O-])CCCC1. The predicted octanol–water partition coefficient (Wildman–Crippen LogP) is 2.74. The fraction of sp³-hybridized carbons (Fsp3) is 0.538. The Kier molecular flexibility index (Phi) is 3.73. The zero-order chi connectivity index (χ0) is 15.0. The molecule has 1 aromatic rings. The molecule has 0 unspecified atom stereocenters. The summed E-state index contributed by atoms with van der Waals surface area (Å²) in [4.78, 5) is 10.6. The van der Waals surface area contributed by atoms with E-state index in [1.807, 2.05) is 6.92 Å². The molecule has 20 heavy (non-hydrogen) atoms. The van der Waals surface area contributed by atoms with Crippen LogP contribution in [0.15, 0.2) is 23.1 Å². The van der Waals surface area contributed by atoms with E-state index in [9.17, 15) is 18.5 Å². The van der Waals surface area contributed by atoms with Gasteiger partial charge in [0.1, 0.15) is 5.69 Å². The molecule has 6 nitrogen and oxygen atoms in total. The summed E-state index contributed by atoms with van der Waals surface area (Å²) < 4.78 is 23.0. The maximum Gasteiger partial charge on any atom is 0.293 e. The number of hydrogen-bond acceptors (Lipinski definition) is 5. The van der Waals surface area contributed by atoms with Crippen LogP contribution in [-0.4, -0.2) is 25.1 Å². The fourth-order valence-corrected chi connectivity index (χ4v) is 3.25. The Morgan fingerprint density at radius 1 is 1.30 bits per heavy atom. The van der Waals surface area contributed by atoms with Gasteiger partial charge >= 0.3 is 0 Å². The van der Waals surface area contributed by atoms with E-state index >= 15 is 0 Å². The van der Waals surface area contributed by atoms with Crippen LogP contribution in [0.5, 0.6) is 0 Å². The number of rotatable bonds is 4. The number of anilines is 1. The van der Waals surface area contributed by atoms with Crippen LogP contribution in [0, 0.1) is 10.1 Å². The molecule has 1 fully saturated rings. The van der Waals surface area contributed by atoms with Gasteiger partial charge < -0.3 is 5.32 Å². The molecular weight excluding hydrogens is 280 g/mol. The third kappa shape index (κ3) is 3.09. The first-order valence-corrected chi connectivity index (χ1v) is 8.37. The van der Waals surface area contributed by atoms with E-state index in [2.05, 4.69) is 5.32 Å². The number of hydrogen-bond donors (Lipinski definition) is 1. The van der Waals surface area contributed by atoms with Gasteiger partial charge in [0.25, 0.3) is 5.69 Å². The summed E-state index contributed by atoms with van der Waals surface area (Å²) in [5.41, 5.74) is 0.0324. The van der Waals surface area contributed by atoms with Gasteiger partial charge in [0, 0.05) is 17.9 Å². The molecule has 0 aliphatic heterocycles. The van der Waals surface area contributed by atoms with Crippen LogP contribution in [0.3, 0.4) is 0 Å². The van der Waals surface area contributed by atoms with Crippen molar-refractivity contribution in [3.05, 3.63) is 28.3 Å². The molecule has 0 amide bonds. The smallest absolute Gasteiger partial charge is 0.293 e. The molecule has 0 bridgehead atoms. The number of sulfone groups is 1. The minimum Gasteiger partial charge on any atom is -0.374 e. The maximum absolute atomic E-state index is 11.5. The van der Waals surface area contributed by atoms with Crippen LogP contribution in [0.2, 0.25) is 0 Å². The van der Waals surface area contributed by atoms with Crippen molar-refractivity contribution in [1.82, 2.24) is 0 Å². The summed E-state index contributed by atoms with van der Waals surface area (Å²) in [6, 6.07) is 4.01. The van der Waals surface area contributed by atoms with Crippen molar-refractivity contribution >= 4 is 21.2 Å². The maximum atomic E-state index is 11.5. The van der Waals surface area contributed by atoms with Gasteiger partial charge in [-0.05, 0) is 31.9 Å². The summed E-state index contributed by atoms with van der Waals surface area (Å²) in [6.07, 6.45) is 5.14. The van der Waals surface area contributed by atoms with Crippen LogP contribution in [-0.2, 0) is 9.84 Å². The molecule has 1 aliphatic rings. The van der Waals surface area contributed by atoms with Gasteiger partial charge in [-0.25, -0.2) is 8.42 Å². The van der Waals surface area contributed by atoms with Crippen LogP contribution in [0.25, 0.3) is 0 Å². The van der Waals surface area contributed by atoms with Crippen molar-refractivity contribution in [3.8, 4) is 0 Å². The average molecular weight is 298 g/mol. The van der Waals surface area contributed by atoms with Crippen molar-refractivity contribution in [1.29, 1.82) is 0 Å². The molecule has 2 rings (SSSR count). The molecule has 0 heterocycles. The molecule has 1 N–H and O–H groups in total. The lowest BCUT2D eigenvalue weighted by atomic mass is 10.00. The highest BCUT2D eigenvalue weighted by atomic mass is 32.2. The monoisotopic (exact) mass is 298 g/mol. The molecular formula is C13H18N2O4S. The Balaban J connectivity index is 2.40. The zero-order valence-electron chi connectivity index (χ0n) is 11.5. The lowest BCUT2D eigenvalue weighted by Gasteiger charge is -2.26. The number of nitro benzene ring substituents is 1. The van der Waals surface area contributed by atoms with Gasteiger partial charge in [-0.3, -0.25) is 10.1 Å². The van der Waals surface area contributed by atoms with Gasteiger partial charge in [0.05, 0.1) is 9.82 Å². The van der Waals surface area contributed by atoms with Gasteiger partial charge in [-0.2, -0.15) is 0 Å². The Bertz CT molecular complexity index is 634. The first-order valence-electron chi connectivity index (χ1n) is 6.48. The van der Waals surface area contributed by atoms with Gasteiger partial charge in [-0.15, -0.1) is 0 Å². The molecule has 0 aromatic heterocycles.